The van der Waals surface area contributed by atoms with E-state index in [1.807, 2.05) is 12.1 Å². The van der Waals surface area contributed by atoms with Crippen LogP contribution < -0.4 is 15.8 Å². The average molecular weight is 317 g/mol. The van der Waals surface area contributed by atoms with Gasteiger partial charge in [0.2, 0.25) is 5.91 Å². The third-order valence-electron chi connectivity index (χ3n) is 3.45. The zero-order valence-corrected chi connectivity index (χ0v) is 13.5. The first-order valence-electron chi connectivity index (χ1n) is 6.95. The van der Waals surface area contributed by atoms with Crippen molar-refractivity contribution in [1.82, 2.24) is 20.3 Å². The molecule has 0 bridgehead atoms. The first-order valence-corrected chi connectivity index (χ1v) is 6.95. The summed E-state index contributed by atoms with van der Waals surface area (Å²) in [5.74, 6) is -0.484. The van der Waals surface area contributed by atoms with E-state index < -0.39 is 17.4 Å². The number of carbonyl (C=O) groups is 2. The summed E-state index contributed by atoms with van der Waals surface area (Å²) in [6.45, 7) is 4.76. The second kappa shape index (κ2) is 6.07. The second-order valence-corrected chi connectivity index (χ2v) is 5.58. The number of nitrogens with two attached hydrogens (primary N) is 1. The predicted molar refractivity (Wildman–Crippen MR) is 83.4 cm³/mol. The van der Waals surface area contributed by atoms with E-state index in [0.29, 0.717) is 17.1 Å². The third-order valence-corrected chi connectivity index (χ3v) is 3.45. The summed E-state index contributed by atoms with van der Waals surface area (Å²) >= 11 is 0. The summed E-state index contributed by atoms with van der Waals surface area (Å²) in [7, 11) is 1.57. The molecule has 1 heterocycles. The van der Waals surface area contributed by atoms with Gasteiger partial charge in [-0.1, -0.05) is 11.3 Å². The lowest BCUT2D eigenvalue weighted by molar-refractivity contribution is -0.122. The number of methoxy groups -OCH3 is 1. The monoisotopic (exact) mass is 317 g/mol. The van der Waals surface area contributed by atoms with Gasteiger partial charge in [0.05, 0.1) is 18.5 Å². The highest BCUT2D eigenvalue weighted by molar-refractivity contribution is 5.97. The van der Waals surface area contributed by atoms with Crippen molar-refractivity contribution in [3.8, 4) is 11.4 Å². The highest BCUT2D eigenvalue weighted by atomic mass is 16.5. The van der Waals surface area contributed by atoms with Gasteiger partial charge >= 0.3 is 0 Å². The highest BCUT2D eigenvalue weighted by Crippen LogP contribution is 2.18. The van der Waals surface area contributed by atoms with Gasteiger partial charge in [0.1, 0.15) is 11.3 Å². The van der Waals surface area contributed by atoms with Crippen LogP contribution >= 0.6 is 0 Å². The molecule has 2 amide bonds. The first-order chi connectivity index (χ1) is 10.8. The molecule has 0 atom stereocenters. The van der Waals surface area contributed by atoms with E-state index in [9.17, 15) is 9.59 Å². The van der Waals surface area contributed by atoms with Crippen LogP contribution in [0.15, 0.2) is 24.3 Å². The lowest BCUT2D eigenvalue weighted by atomic mass is 10.0. The topological polar surface area (TPSA) is 112 Å². The molecule has 0 saturated heterocycles. The van der Waals surface area contributed by atoms with Crippen molar-refractivity contribution < 1.29 is 14.3 Å². The minimum Gasteiger partial charge on any atom is -0.497 e. The van der Waals surface area contributed by atoms with Gasteiger partial charge in [-0.3, -0.25) is 9.59 Å². The predicted octanol–water partition coefficient (Wildman–Crippen LogP) is 0.578. The van der Waals surface area contributed by atoms with Gasteiger partial charge in [-0.05, 0) is 32.9 Å². The summed E-state index contributed by atoms with van der Waals surface area (Å²) in [5, 5.41) is 10.4. The Bertz CT molecular complexity index is 751. The van der Waals surface area contributed by atoms with Crippen molar-refractivity contribution >= 4 is 11.8 Å². The molecule has 0 spiro atoms. The molecular formula is C15H19N5O3. The Labute approximate surface area is 133 Å². The zero-order valence-electron chi connectivity index (χ0n) is 13.5. The van der Waals surface area contributed by atoms with Crippen LogP contribution in [0.4, 0.5) is 0 Å². The number of hydrogen-bond acceptors (Lipinski definition) is 5. The van der Waals surface area contributed by atoms with E-state index in [0.717, 1.165) is 0 Å². The minimum atomic E-state index is -1.18. The summed E-state index contributed by atoms with van der Waals surface area (Å²) in [4.78, 5) is 23.6. The largest absolute Gasteiger partial charge is 0.497 e. The Hall–Kier alpha value is -2.90. The van der Waals surface area contributed by atoms with E-state index >= 15 is 0 Å². The standard InChI is InChI=1S/C15H19N5O3/c1-9-12(13(21)17-15(2,3)14(16)22)18-19-20(9)10-6-5-7-11(8-10)23-4/h5-8H,1-4H3,(H2,16,22)(H,17,21). The third kappa shape index (κ3) is 3.31. The summed E-state index contributed by atoms with van der Waals surface area (Å²) in [5.41, 5.74) is 5.45. The molecule has 1 aromatic carbocycles. The van der Waals surface area contributed by atoms with Crippen LogP contribution in [0.25, 0.3) is 5.69 Å². The van der Waals surface area contributed by atoms with Crippen LogP contribution in [0.2, 0.25) is 0 Å². The molecular weight excluding hydrogens is 298 g/mol. The van der Waals surface area contributed by atoms with E-state index in [1.54, 1.807) is 26.2 Å². The molecule has 0 aliphatic carbocycles. The van der Waals surface area contributed by atoms with Crippen LogP contribution in [-0.4, -0.2) is 39.5 Å². The van der Waals surface area contributed by atoms with Crippen LogP contribution in [0.5, 0.6) is 5.75 Å². The number of carbonyl (C=O) groups excluding carboxylic acids is 2. The Kier molecular flexibility index (Phi) is 4.35. The van der Waals surface area contributed by atoms with Crippen molar-refractivity contribution in [2.24, 2.45) is 5.73 Å². The van der Waals surface area contributed by atoms with Crippen LogP contribution in [0, 0.1) is 6.92 Å². The van der Waals surface area contributed by atoms with E-state index in [-0.39, 0.29) is 5.69 Å². The fourth-order valence-corrected chi connectivity index (χ4v) is 1.93. The molecule has 0 aliphatic rings. The van der Waals surface area contributed by atoms with Crippen molar-refractivity contribution in [3.63, 3.8) is 0 Å². The number of benzene rings is 1. The number of nitrogens with zero attached hydrogens (tertiary/aromatic N) is 3. The minimum absolute atomic E-state index is 0.127. The van der Waals surface area contributed by atoms with Gasteiger partial charge in [0, 0.05) is 6.07 Å². The number of hydrogen-bond donors (Lipinski definition) is 2. The number of rotatable bonds is 5. The van der Waals surface area contributed by atoms with Crippen molar-refractivity contribution in [3.05, 3.63) is 35.7 Å². The van der Waals surface area contributed by atoms with E-state index in [1.165, 1.54) is 18.5 Å². The van der Waals surface area contributed by atoms with Crippen LogP contribution in [-0.2, 0) is 4.79 Å². The fourth-order valence-electron chi connectivity index (χ4n) is 1.93. The molecule has 8 nitrogen and oxygen atoms in total. The molecule has 122 valence electrons. The second-order valence-electron chi connectivity index (χ2n) is 5.58. The van der Waals surface area contributed by atoms with Gasteiger partial charge in [-0.2, -0.15) is 0 Å². The number of amides is 2. The molecule has 0 fully saturated rings. The molecule has 2 rings (SSSR count). The molecule has 1 aromatic heterocycles. The average Bonchev–Trinajstić information content (AvgIpc) is 2.88. The molecule has 8 heteroatoms. The molecule has 3 N–H and O–H groups in total. The van der Waals surface area contributed by atoms with Gasteiger partial charge in [-0.25, -0.2) is 4.68 Å². The van der Waals surface area contributed by atoms with E-state index in [2.05, 4.69) is 15.6 Å². The Morgan fingerprint density at radius 3 is 2.65 bits per heavy atom. The highest BCUT2D eigenvalue weighted by Gasteiger charge is 2.29. The lowest BCUT2D eigenvalue weighted by Gasteiger charge is -2.21. The van der Waals surface area contributed by atoms with Crippen LogP contribution in [0.1, 0.15) is 30.0 Å². The SMILES string of the molecule is COc1cccc(-n2nnc(C(=O)NC(C)(C)C(N)=O)c2C)c1. The molecule has 2 aromatic rings. The van der Waals surface area contributed by atoms with Crippen molar-refractivity contribution in [2.75, 3.05) is 7.11 Å². The summed E-state index contributed by atoms with van der Waals surface area (Å²) < 4.78 is 6.69. The molecule has 0 aliphatic heterocycles. The lowest BCUT2D eigenvalue weighted by Crippen LogP contribution is -2.53. The molecule has 0 radical (unpaired) electrons. The fraction of sp³-hybridized carbons (Fsp3) is 0.333. The maximum atomic E-state index is 12.3. The maximum absolute atomic E-state index is 12.3. The Morgan fingerprint density at radius 1 is 1.35 bits per heavy atom. The van der Waals surface area contributed by atoms with Crippen molar-refractivity contribution in [2.45, 2.75) is 26.3 Å². The van der Waals surface area contributed by atoms with Crippen molar-refractivity contribution in [1.29, 1.82) is 0 Å². The Balaban J connectivity index is 2.32. The van der Waals surface area contributed by atoms with Gasteiger partial charge in [0.25, 0.3) is 5.91 Å². The summed E-state index contributed by atoms with van der Waals surface area (Å²) in [6.07, 6.45) is 0. The zero-order chi connectivity index (χ0) is 17.2. The van der Waals surface area contributed by atoms with Gasteiger partial charge < -0.3 is 15.8 Å². The normalized spacial score (nSPS) is 11.1. The molecule has 0 unspecified atom stereocenters. The van der Waals surface area contributed by atoms with Gasteiger partial charge in [0.15, 0.2) is 5.69 Å². The number of ether oxygens (including phenoxy) is 1. The number of nitrogens with one attached hydrogen (secondary N) is 1. The van der Waals surface area contributed by atoms with E-state index in [4.69, 9.17) is 10.5 Å². The number of aromatic nitrogens is 3. The smallest absolute Gasteiger partial charge is 0.274 e. The molecule has 0 saturated carbocycles. The first kappa shape index (κ1) is 16.5. The molecule has 23 heavy (non-hydrogen) atoms. The van der Waals surface area contributed by atoms with Gasteiger partial charge in [-0.15, -0.1) is 5.10 Å². The maximum Gasteiger partial charge on any atom is 0.274 e. The number of primary amides is 1. The summed E-state index contributed by atoms with van der Waals surface area (Å²) in [6, 6.07) is 7.21. The quantitative estimate of drug-likeness (QED) is 0.837. The Morgan fingerprint density at radius 2 is 2.04 bits per heavy atom. The van der Waals surface area contributed by atoms with Crippen LogP contribution in [0.3, 0.4) is 0 Å².